The summed E-state index contributed by atoms with van der Waals surface area (Å²) in [4.78, 5) is 49.8. The second-order valence-electron chi connectivity index (χ2n) is 9.61. The zero-order valence-electron chi connectivity index (χ0n) is 22.9. The first-order valence-corrected chi connectivity index (χ1v) is 13.5. The van der Waals surface area contributed by atoms with Crippen LogP contribution in [0.15, 0.2) is 18.2 Å². The summed E-state index contributed by atoms with van der Waals surface area (Å²) >= 11 is 0. The van der Waals surface area contributed by atoms with Crippen molar-refractivity contribution in [3.05, 3.63) is 29.3 Å². The topological polar surface area (TPSA) is 146 Å². The Morgan fingerprint density at radius 2 is 1.66 bits per heavy atom. The lowest BCUT2D eigenvalue weighted by Gasteiger charge is -2.30. The SMILES string of the molecule is CC(=O)c1c(NCCCOCCOCCOCCCN)cccc1C(=O)C(C)C(C)C1CCC(=O)NC1=O. The molecule has 1 aromatic carbocycles. The van der Waals surface area contributed by atoms with E-state index in [4.69, 9.17) is 19.9 Å². The van der Waals surface area contributed by atoms with E-state index < -0.39 is 11.8 Å². The highest BCUT2D eigenvalue weighted by molar-refractivity contribution is 6.12. The Morgan fingerprint density at radius 3 is 2.26 bits per heavy atom. The molecule has 10 nitrogen and oxygen atoms in total. The minimum Gasteiger partial charge on any atom is -0.384 e. The van der Waals surface area contributed by atoms with Gasteiger partial charge in [-0.05, 0) is 44.7 Å². The molecule has 3 atom stereocenters. The van der Waals surface area contributed by atoms with Crippen molar-refractivity contribution in [1.82, 2.24) is 5.32 Å². The number of amides is 2. The van der Waals surface area contributed by atoms with Crippen LogP contribution in [0.25, 0.3) is 0 Å². The zero-order valence-corrected chi connectivity index (χ0v) is 22.9. The van der Waals surface area contributed by atoms with Crippen molar-refractivity contribution in [2.24, 2.45) is 23.5 Å². The number of nitrogens with two attached hydrogens (primary N) is 1. The fraction of sp³-hybridized carbons (Fsp3) is 0.643. The van der Waals surface area contributed by atoms with Crippen molar-refractivity contribution in [2.45, 2.75) is 46.5 Å². The minimum atomic E-state index is -0.500. The summed E-state index contributed by atoms with van der Waals surface area (Å²) in [6.45, 7) is 9.45. The highest BCUT2D eigenvalue weighted by atomic mass is 16.5. The van der Waals surface area contributed by atoms with Gasteiger partial charge < -0.3 is 25.3 Å². The zero-order chi connectivity index (χ0) is 27.9. The molecule has 0 aromatic heterocycles. The third kappa shape index (κ3) is 9.90. The average Bonchev–Trinajstić information content (AvgIpc) is 2.89. The maximum atomic E-state index is 13.4. The van der Waals surface area contributed by atoms with E-state index in [0.717, 1.165) is 6.42 Å². The van der Waals surface area contributed by atoms with Crippen LogP contribution in [0.4, 0.5) is 5.69 Å². The molecule has 0 saturated carbocycles. The number of carbonyl (C=O) groups is 4. The van der Waals surface area contributed by atoms with E-state index in [2.05, 4.69) is 10.6 Å². The summed E-state index contributed by atoms with van der Waals surface area (Å²) in [5.74, 6) is -2.22. The molecule has 1 aliphatic heterocycles. The van der Waals surface area contributed by atoms with Gasteiger partial charge in [0, 0.05) is 49.3 Å². The van der Waals surface area contributed by atoms with E-state index in [1.54, 1.807) is 25.1 Å². The van der Waals surface area contributed by atoms with Gasteiger partial charge in [0.1, 0.15) is 0 Å². The van der Waals surface area contributed by atoms with Crippen molar-refractivity contribution in [1.29, 1.82) is 0 Å². The number of nitrogens with one attached hydrogen (secondary N) is 2. The maximum absolute atomic E-state index is 13.4. The fourth-order valence-electron chi connectivity index (χ4n) is 4.45. The number of benzene rings is 1. The lowest BCUT2D eigenvalue weighted by atomic mass is 9.76. The molecule has 0 aliphatic carbocycles. The van der Waals surface area contributed by atoms with Gasteiger partial charge in [0.05, 0.1) is 32.0 Å². The Kier molecular flexibility index (Phi) is 14.1. The highest BCUT2D eigenvalue weighted by Gasteiger charge is 2.36. The van der Waals surface area contributed by atoms with Gasteiger partial charge in [0.15, 0.2) is 11.6 Å². The number of ketones is 2. The number of hydrogen-bond acceptors (Lipinski definition) is 9. The Bertz CT molecular complexity index is 937. The maximum Gasteiger partial charge on any atom is 0.229 e. The predicted molar refractivity (Wildman–Crippen MR) is 144 cm³/mol. The number of Topliss-reactive ketones (excluding diaryl/α,β-unsaturated/α-hetero) is 2. The van der Waals surface area contributed by atoms with Crippen LogP contribution >= 0.6 is 0 Å². The minimum absolute atomic E-state index is 0.191. The van der Waals surface area contributed by atoms with E-state index >= 15 is 0 Å². The van der Waals surface area contributed by atoms with Crippen LogP contribution < -0.4 is 16.4 Å². The van der Waals surface area contributed by atoms with Crippen molar-refractivity contribution >= 4 is 29.1 Å². The van der Waals surface area contributed by atoms with Gasteiger partial charge in [0.2, 0.25) is 11.8 Å². The summed E-state index contributed by atoms with van der Waals surface area (Å²) < 4.78 is 16.4. The molecule has 2 rings (SSSR count). The first-order valence-electron chi connectivity index (χ1n) is 13.5. The highest BCUT2D eigenvalue weighted by Crippen LogP contribution is 2.31. The standard InChI is InChI=1S/C28H43N3O7/c1-19(22-9-10-25(33)31-28(22)35)20(2)27(34)23-7-4-8-24(26(23)21(3)32)30-12-6-14-37-16-18-38-17-15-36-13-5-11-29/h4,7-8,19-20,22,30H,5-6,9-18,29H2,1-3H3,(H,31,33,35). The van der Waals surface area contributed by atoms with Crippen LogP contribution in [0.2, 0.25) is 0 Å². The Labute approximate surface area is 225 Å². The van der Waals surface area contributed by atoms with Crippen LogP contribution in [-0.2, 0) is 23.8 Å². The number of piperidine rings is 1. The molecular formula is C28H43N3O7. The number of rotatable bonds is 19. The third-order valence-corrected chi connectivity index (χ3v) is 6.82. The predicted octanol–water partition coefficient (Wildman–Crippen LogP) is 2.60. The van der Waals surface area contributed by atoms with Crippen molar-refractivity contribution in [2.75, 3.05) is 58.0 Å². The third-order valence-electron chi connectivity index (χ3n) is 6.82. The van der Waals surface area contributed by atoms with Gasteiger partial charge in [-0.15, -0.1) is 0 Å². The molecule has 4 N–H and O–H groups in total. The molecule has 1 aromatic rings. The number of anilines is 1. The lowest BCUT2D eigenvalue weighted by molar-refractivity contribution is -0.137. The number of hydrogen-bond donors (Lipinski definition) is 3. The second-order valence-corrected chi connectivity index (χ2v) is 9.61. The van der Waals surface area contributed by atoms with Gasteiger partial charge >= 0.3 is 0 Å². The molecule has 2 amide bonds. The van der Waals surface area contributed by atoms with Gasteiger partial charge in [-0.2, -0.15) is 0 Å². The van der Waals surface area contributed by atoms with E-state index in [9.17, 15) is 19.2 Å². The van der Waals surface area contributed by atoms with Crippen molar-refractivity contribution < 1.29 is 33.4 Å². The first kappa shape index (κ1) is 31.6. The number of imide groups is 1. The van der Waals surface area contributed by atoms with Crippen LogP contribution in [0.3, 0.4) is 0 Å². The molecule has 1 saturated heterocycles. The van der Waals surface area contributed by atoms with Crippen LogP contribution in [-0.4, -0.2) is 76.1 Å². The van der Waals surface area contributed by atoms with E-state index in [1.165, 1.54) is 6.92 Å². The lowest BCUT2D eigenvalue weighted by Crippen LogP contribution is -2.45. The molecule has 10 heteroatoms. The molecule has 0 spiro atoms. The summed E-state index contributed by atoms with van der Waals surface area (Å²) in [5, 5.41) is 5.62. The van der Waals surface area contributed by atoms with Gasteiger partial charge in [0.25, 0.3) is 0 Å². The van der Waals surface area contributed by atoms with Gasteiger partial charge in [-0.3, -0.25) is 24.5 Å². The quantitative estimate of drug-likeness (QED) is 0.139. The smallest absolute Gasteiger partial charge is 0.229 e. The number of carbonyl (C=O) groups excluding carboxylic acids is 4. The Balaban J connectivity index is 1.83. The number of ether oxygens (including phenoxy) is 3. The average molecular weight is 534 g/mol. The second kappa shape index (κ2) is 17.0. The fourth-order valence-corrected chi connectivity index (χ4v) is 4.45. The van der Waals surface area contributed by atoms with Gasteiger partial charge in [-0.1, -0.05) is 26.0 Å². The summed E-state index contributed by atoms with van der Waals surface area (Å²) in [5.41, 5.74) is 6.69. The molecule has 0 bridgehead atoms. The molecule has 1 heterocycles. The van der Waals surface area contributed by atoms with Crippen molar-refractivity contribution in [3.8, 4) is 0 Å². The Hall–Kier alpha value is -2.66. The van der Waals surface area contributed by atoms with Crippen LogP contribution in [0, 0.1) is 17.8 Å². The van der Waals surface area contributed by atoms with Gasteiger partial charge in [-0.25, -0.2) is 0 Å². The normalized spacial score (nSPS) is 17.1. The Morgan fingerprint density at radius 1 is 1.03 bits per heavy atom. The van der Waals surface area contributed by atoms with Crippen LogP contribution in [0.1, 0.15) is 67.2 Å². The molecule has 212 valence electrons. The monoisotopic (exact) mass is 533 g/mol. The molecule has 1 aliphatic rings. The summed E-state index contributed by atoms with van der Waals surface area (Å²) in [6.07, 6.45) is 2.23. The van der Waals surface area contributed by atoms with E-state index in [1.807, 2.05) is 6.92 Å². The molecule has 38 heavy (non-hydrogen) atoms. The summed E-state index contributed by atoms with van der Waals surface area (Å²) in [6, 6.07) is 5.19. The van der Waals surface area contributed by atoms with Crippen LogP contribution in [0.5, 0.6) is 0 Å². The molecule has 0 radical (unpaired) electrons. The van der Waals surface area contributed by atoms with E-state index in [0.29, 0.717) is 82.4 Å². The molecule has 3 unspecified atom stereocenters. The first-order chi connectivity index (χ1) is 18.3. The molecular weight excluding hydrogens is 490 g/mol. The van der Waals surface area contributed by atoms with E-state index in [-0.39, 0.29) is 35.7 Å². The molecule has 1 fully saturated rings. The van der Waals surface area contributed by atoms with Crippen molar-refractivity contribution in [3.63, 3.8) is 0 Å². The summed E-state index contributed by atoms with van der Waals surface area (Å²) in [7, 11) is 0. The largest absolute Gasteiger partial charge is 0.384 e.